The molecule has 0 N–H and O–H groups in total. The fourth-order valence-corrected chi connectivity index (χ4v) is 21.7. The Hall–Kier alpha value is 1.87. The fraction of sp³-hybridized carbons (Fsp3) is 1.00. The van der Waals surface area contributed by atoms with E-state index in [0.717, 1.165) is 0 Å². The summed E-state index contributed by atoms with van der Waals surface area (Å²) in [6, 6.07) is 0. The Labute approximate surface area is 239 Å². The number of rotatable bonds is 16. The Balaban J connectivity index is 6.41. The zero-order valence-electron chi connectivity index (χ0n) is 22.9. The van der Waals surface area contributed by atoms with Gasteiger partial charge in [0.25, 0.3) is 0 Å². The van der Waals surface area contributed by atoms with Crippen LogP contribution in [-0.4, -0.2) is 170 Å². The highest BCUT2D eigenvalue weighted by atomic mass is 28.5. The summed E-state index contributed by atoms with van der Waals surface area (Å²) < 4.78 is 12.6. The summed E-state index contributed by atoms with van der Waals surface area (Å²) in [4.78, 5) is 0. The van der Waals surface area contributed by atoms with Crippen molar-refractivity contribution < 1.29 is 8.23 Å². The van der Waals surface area contributed by atoms with Gasteiger partial charge in [0.15, 0.2) is 8.32 Å². The lowest BCUT2D eigenvalue weighted by molar-refractivity contribution is 0.396. The van der Waals surface area contributed by atoms with E-state index >= 15 is 0 Å². The minimum Gasteiger partial charge on any atom is -0.444 e. The smallest absolute Gasteiger partial charge is 0.310 e. The first-order valence-corrected chi connectivity index (χ1v) is 20.6. The van der Waals surface area contributed by atoms with Crippen LogP contribution < -0.4 is 0 Å². The third kappa shape index (κ3) is 7.54. The normalized spacial score (nSPS) is 15.5. The lowest BCUT2D eigenvalue weighted by Gasteiger charge is -2.59. The monoisotopic (exact) mass is 480 g/mol. The molecule has 0 saturated carbocycles. The first-order chi connectivity index (χ1) is 15.7. The molecule has 0 fully saturated rings. The van der Waals surface area contributed by atoms with Gasteiger partial charge in [-0.15, -0.1) is 18.4 Å². The van der Waals surface area contributed by atoms with Gasteiger partial charge in [0, 0.05) is 124 Å². The summed E-state index contributed by atoms with van der Waals surface area (Å²) in [6.45, 7) is 11.8. The summed E-state index contributed by atoms with van der Waals surface area (Å²) >= 11 is 0. The van der Waals surface area contributed by atoms with Crippen molar-refractivity contribution in [2.45, 2.75) is 62.7 Å². The minimum atomic E-state index is -2.93. The van der Waals surface area contributed by atoms with Crippen LogP contribution in [0.4, 0.5) is 0 Å². The van der Waals surface area contributed by atoms with Crippen molar-refractivity contribution in [2.75, 3.05) is 0 Å². The average Bonchev–Trinajstić information content (AvgIpc) is 2.71. The second kappa shape index (κ2) is 14.0. The van der Waals surface area contributed by atoms with Gasteiger partial charge in [0.05, 0.1) is 20.5 Å². The molecule has 2 unspecified atom stereocenters. The van der Waals surface area contributed by atoms with Crippen molar-refractivity contribution in [3.05, 3.63) is 0 Å². The van der Waals surface area contributed by atoms with Gasteiger partial charge >= 0.3 is 8.56 Å². The molecule has 0 spiro atoms. The van der Waals surface area contributed by atoms with E-state index in [2.05, 4.69) is 0 Å². The highest BCUT2D eigenvalue weighted by molar-refractivity contribution is 7.66. The van der Waals surface area contributed by atoms with Gasteiger partial charge in [-0.1, -0.05) is 13.1 Å². The highest BCUT2D eigenvalue weighted by Crippen LogP contribution is 2.44. The molecule has 148 valence electrons. The Bertz CT molecular complexity index is 647. The Morgan fingerprint density at radius 3 is 1.43 bits per heavy atom. The quantitative estimate of drug-likeness (QED) is 0.213. The van der Waals surface area contributed by atoms with Crippen molar-refractivity contribution in [1.82, 2.24) is 0 Å². The fourth-order valence-electron chi connectivity index (χ4n) is 5.58. The zero-order chi connectivity index (χ0) is 28.2. The standard InChI is InChI=1S/C10H24B20O2Si3/c1-21-27(17)9(23-11,25(13)14)30(20)34(5,6)32-35(7,8)31-33(3,4)10(26(15)16,28(18)22-2)29(19)24-12/h1-8H3. The minimum absolute atomic E-state index is 0.566. The average molecular weight is 477 g/mol. The van der Waals surface area contributed by atoms with E-state index in [9.17, 15) is 0 Å². The molecule has 0 aromatic carbocycles. The molecule has 2 atom stereocenters. The molecule has 0 aliphatic rings. The van der Waals surface area contributed by atoms with E-state index in [1.807, 2.05) is 60.1 Å². The second-order valence-electron chi connectivity index (χ2n) is 10.8. The SMILES string of the molecule is [B][B]B([B])C(B([B])[B])(B([B])[B]C)[Si](C)(C)O[Si](C)(C)O[Si](C)(C)B([B])C([B][B])(B([B])[B])B([B])[B]C. The van der Waals surface area contributed by atoms with E-state index in [0.29, 0.717) is 0 Å². The second-order valence-corrected chi connectivity index (χ2v) is 22.9. The molecule has 0 aliphatic heterocycles. The number of hydrogen-bond acceptors (Lipinski definition) is 2. The topological polar surface area (TPSA) is 18.5 Å². The summed E-state index contributed by atoms with van der Waals surface area (Å²) in [5, 5.41) is -1.08. The van der Waals surface area contributed by atoms with Crippen molar-refractivity contribution in [2.24, 2.45) is 0 Å². The van der Waals surface area contributed by atoms with E-state index in [4.69, 9.17) is 85.6 Å². The maximum absolute atomic E-state index is 6.85. The summed E-state index contributed by atoms with van der Waals surface area (Å²) in [5.41, 5.74) is 0. The van der Waals surface area contributed by atoms with Crippen LogP contribution in [0, 0.1) is 0 Å². The van der Waals surface area contributed by atoms with Crippen molar-refractivity contribution in [1.29, 1.82) is 0 Å². The Kier molecular flexibility index (Phi) is 14.7. The molecule has 0 aromatic heterocycles. The van der Waals surface area contributed by atoms with Crippen molar-refractivity contribution in [3.63, 3.8) is 0 Å². The van der Waals surface area contributed by atoms with Crippen LogP contribution in [-0.2, 0) is 8.23 Å². The number of hydrogen-bond donors (Lipinski definition) is 0. The van der Waals surface area contributed by atoms with Gasteiger partial charge in [-0.05, 0) is 26.2 Å². The molecular formula is C10H24B20O2Si3. The third-order valence-electron chi connectivity index (χ3n) is 7.36. The van der Waals surface area contributed by atoms with E-state index in [1.54, 1.807) is 7.17 Å². The highest BCUT2D eigenvalue weighted by Gasteiger charge is 2.58. The van der Waals surface area contributed by atoms with Crippen molar-refractivity contribution >= 4 is 170 Å². The molecule has 0 aliphatic carbocycles. The molecule has 2 nitrogen and oxygen atoms in total. The third-order valence-corrected chi connectivity index (χ3v) is 20.5. The van der Waals surface area contributed by atoms with Crippen molar-refractivity contribution in [3.8, 4) is 0 Å². The summed E-state index contributed by atoms with van der Waals surface area (Å²) in [6.07, 6.45) is -0.640. The van der Waals surface area contributed by atoms with Crippen LogP contribution in [0.2, 0.25) is 62.7 Å². The summed E-state index contributed by atoms with van der Waals surface area (Å²) in [7, 11) is 60.9. The lowest BCUT2D eigenvalue weighted by Crippen LogP contribution is -2.75. The van der Waals surface area contributed by atoms with E-state index in [-0.39, 0.29) is 0 Å². The van der Waals surface area contributed by atoms with Crippen LogP contribution in [0.5, 0.6) is 0 Å². The predicted molar refractivity (Wildman–Crippen MR) is 187 cm³/mol. The first kappa shape index (κ1) is 36.9. The van der Waals surface area contributed by atoms with Gasteiger partial charge in [0.1, 0.15) is 8.19 Å². The molecule has 0 heterocycles. The molecule has 0 amide bonds. The van der Waals surface area contributed by atoms with Crippen LogP contribution >= 0.6 is 0 Å². The zero-order valence-corrected chi connectivity index (χ0v) is 25.9. The Morgan fingerprint density at radius 1 is 0.657 bits per heavy atom. The maximum Gasteiger partial charge on any atom is 0.310 e. The maximum atomic E-state index is 6.85. The largest absolute Gasteiger partial charge is 0.444 e. The van der Waals surface area contributed by atoms with Gasteiger partial charge in [-0.2, -0.15) is 5.01 Å². The molecular weight excluding hydrogens is 453 g/mol. The molecule has 0 rings (SSSR count). The van der Waals surface area contributed by atoms with Gasteiger partial charge < -0.3 is 8.23 Å². The van der Waals surface area contributed by atoms with Gasteiger partial charge in [0.2, 0.25) is 0 Å². The molecule has 25 heteroatoms. The van der Waals surface area contributed by atoms with Gasteiger partial charge in [-0.25, -0.2) is 0 Å². The molecule has 24 radical (unpaired) electrons. The van der Waals surface area contributed by atoms with Crippen LogP contribution in [0.15, 0.2) is 0 Å². The predicted octanol–water partition coefficient (Wildman–Crippen LogP) is -3.80. The first-order valence-electron chi connectivity index (χ1n) is 11.9. The molecule has 0 saturated heterocycles. The van der Waals surface area contributed by atoms with E-state index in [1.165, 1.54) is 14.2 Å². The van der Waals surface area contributed by atoms with E-state index < -0.39 is 73.5 Å². The molecule has 35 heavy (non-hydrogen) atoms. The summed E-state index contributed by atoms with van der Waals surface area (Å²) in [5.74, 6) is 0. The molecule has 0 aromatic rings. The van der Waals surface area contributed by atoms with Crippen LogP contribution in [0.25, 0.3) is 0 Å². The lowest BCUT2D eigenvalue weighted by atomic mass is 8.76. The molecule has 0 bridgehead atoms. The Morgan fingerprint density at radius 2 is 1.11 bits per heavy atom. The van der Waals surface area contributed by atoms with Crippen LogP contribution in [0.3, 0.4) is 0 Å². The van der Waals surface area contributed by atoms with Gasteiger partial charge in [-0.3, -0.25) is 0 Å². The van der Waals surface area contributed by atoms with Crippen LogP contribution in [0.1, 0.15) is 0 Å².